The molecular formula is C22H21NO7. The first-order valence-electron chi connectivity index (χ1n) is 8.90. The average molecular weight is 411 g/mol. The summed E-state index contributed by atoms with van der Waals surface area (Å²) >= 11 is 0. The second-order valence-corrected chi connectivity index (χ2v) is 6.10. The highest BCUT2D eigenvalue weighted by Gasteiger charge is 2.21. The first-order chi connectivity index (χ1) is 14.5. The Morgan fingerprint density at radius 1 is 0.867 bits per heavy atom. The number of hydrogen-bond donors (Lipinski definition) is 1. The van der Waals surface area contributed by atoms with E-state index in [1.54, 1.807) is 55.6 Å². The molecule has 0 spiro atoms. The van der Waals surface area contributed by atoms with E-state index < -0.39 is 11.6 Å². The lowest BCUT2D eigenvalue weighted by molar-refractivity contribution is 0.0597. The Morgan fingerprint density at radius 2 is 1.57 bits per heavy atom. The van der Waals surface area contributed by atoms with Crippen molar-refractivity contribution in [2.75, 3.05) is 33.8 Å². The Balaban J connectivity index is 2.10. The van der Waals surface area contributed by atoms with E-state index in [1.165, 1.54) is 21.3 Å². The van der Waals surface area contributed by atoms with Crippen LogP contribution in [0.15, 0.2) is 57.7 Å². The molecule has 0 amide bonds. The van der Waals surface area contributed by atoms with E-state index in [0.29, 0.717) is 28.5 Å². The summed E-state index contributed by atoms with van der Waals surface area (Å²) in [5.74, 6) is 1.11. The molecule has 8 heteroatoms. The predicted octanol–water partition coefficient (Wildman–Crippen LogP) is 3.86. The summed E-state index contributed by atoms with van der Waals surface area (Å²) < 4.78 is 25.8. The largest absolute Gasteiger partial charge is 0.497 e. The van der Waals surface area contributed by atoms with E-state index in [-0.39, 0.29) is 17.0 Å². The molecule has 0 aliphatic rings. The number of anilines is 2. The summed E-state index contributed by atoms with van der Waals surface area (Å²) in [5.41, 5.74) is 0.388. The summed E-state index contributed by atoms with van der Waals surface area (Å²) in [4.78, 5) is 24.8. The van der Waals surface area contributed by atoms with Crippen LogP contribution in [0.2, 0.25) is 0 Å². The molecule has 8 nitrogen and oxygen atoms in total. The molecule has 1 N–H and O–H groups in total. The van der Waals surface area contributed by atoms with E-state index in [0.717, 1.165) is 0 Å². The molecular weight excluding hydrogens is 390 g/mol. The molecule has 0 saturated carbocycles. The number of carbonyl (C=O) groups is 1. The van der Waals surface area contributed by atoms with Crippen LogP contribution >= 0.6 is 0 Å². The number of esters is 1. The Bertz CT molecular complexity index is 1100. The fourth-order valence-electron chi connectivity index (χ4n) is 2.85. The molecule has 0 atom stereocenters. The highest BCUT2D eigenvalue weighted by molar-refractivity contribution is 5.96. The van der Waals surface area contributed by atoms with Crippen LogP contribution in [0.25, 0.3) is 11.3 Å². The third-order valence-corrected chi connectivity index (χ3v) is 4.38. The van der Waals surface area contributed by atoms with E-state index in [4.69, 9.17) is 23.4 Å². The normalized spacial score (nSPS) is 10.3. The molecule has 0 fully saturated rings. The minimum Gasteiger partial charge on any atom is -0.497 e. The van der Waals surface area contributed by atoms with Gasteiger partial charge in [-0.3, -0.25) is 0 Å². The third kappa shape index (κ3) is 4.22. The second-order valence-electron chi connectivity index (χ2n) is 6.10. The average Bonchev–Trinajstić information content (AvgIpc) is 2.78. The van der Waals surface area contributed by atoms with Gasteiger partial charge in [0, 0.05) is 17.3 Å². The van der Waals surface area contributed by atoms with Crippen molar-refractivity contribution in [3.63, 3.8) is 0 Å². The molecule has 0 unspecified atom stereocenters. The third-order valence-electron chi connectivity index (χ3n) is 4.38. The highest BCUT2D eigenvalue weighted by Crippen LogP contribution is 2.33. The van der Waals surface area contributed by atoms with Crippen LogP contribution in [-0.4, -0.2) is 34.4 Å². The number of benzene rings is 2. The molecule has 0 radical (unpaired) electrons. The topological polar surface area (TPSA) is 96.2 Å². The van der Waals surface area contributed by atoms with Crippen molar-refractivity contribution < 1.29 is 28.2 Å². The summed E-state index contributed by atoms with van der Waals surface area (Å²) in [7, 11) is 5.80. The number of nitrogens with one attached hydrogen (secondary N) is 1. The van der Waals surface area contributed by atoms with Crippen LogP contribution in [0.3, 0.4) is 0 Å². The lowest BCUT2D eigenvalue weighted by Crippen LogP contribution is -2.18. The maximum absolute atomic E-state index is 12.6. The van der Waals surface area contributed by atoms with Gasteiger partial charge in [0.25, 0.3) is 0 Å². The van der Waals surface area contributed by atoms with Gasteiger partial charge in [0.2, 0.25) is 0 Å². The van der Waals surface area contributed by atoms with Crippen LogP contribution in [-0.2, 0) is 4.74 Å². The maximum atomic E-state index is 12.6. The molecule has 1 aromatic heterocycles. The van der Waals surface area contributed by atoms with Crippen LogP contribution in [0.5, 0.6) is 17.2 Å². The number of rotatable bonds is 7. The maximum Gasteiger partial charge on any atom is 0.353 e. The predicted molar refractivity (Wildman–Crippen MR) is 111 cm³/mol. The van der Waals surface area contributed by atoms with Crippen molar-refractivity contribution in [2.24, 2.45) is 0 Å². The van der Waals surface area contributed by atoms with Crippen molar-refractivity contribution in [2.45, 2.75) is 0 Å². The molecule has 0 saturated heterocycles. The van der Waals surface area contributed by atoms with Gasteiger partial charge in [-0.15, -0.1) is 0 Å². The van der Waals surface area contributed by atoms with Gasteiger partial charge in [0.05, 0.1) is 34.1 Å². The SMILES string of the molecule is COC(=O)c1c(Nc2ccc(OC)cc2)cc(-c2ccc(OC)c(OC)c2)oc1=O. The van der Waals surface area contributed by atoms with E-state index in [9.17, 15) is 9.59 Å². The lowest BCUT2D eigenvalue weighted by Gasteiger charge is -2.13. The minimum absolute atomic E-state index is 0.238. The van der Waals surface area contributed by atoms with Crippen molar-refractivity contribution in [3.05, 3.63) is 64.5 Å². The highest BCUT2D eigenvalue weighted by atomic mass is 16.5. The fourth-order valence-corrected chi connectivity index (χ4v) is 2.85. The van der Waals surface area contributed by atoms with Crippen molar-refractivity contribution in [3.8, 4) is 28.6 Å². The molecule has 2 aromatic carbocycles. The van der Waals surface area contributed by atoms with Gasteiger partial charge in [-0.05, 0) is 42.5 Å². The standard InChI is InChI=1S/C22H21NO7/c1-26-15-8-6-14(7-9-15)23-16-12-18(30-22(25)20(16)21(24)29-4)13-5-10-17(27-2)19(11-13)28-3/h5-12,23H,1-4H3. The summed E-state index contributed by atoms with van der Waals surface area (Å²) in [6.45, 7) is 0. The molecule has 0 aliphatic carbocycles. The summed E-state index contributed by atoms with van der Waals surface area (Å²) in [5, 5.41) is 3.07. The van der Waals surface area contributed by atoms with Crippen LogP contribution in [0.1, 0.15) is 10.4 Å². The monoisotopic (exact) mass is 411 g/mol. The van der Waals surface area contributed by atoms with Crippen molar-refractivity contribution >= 4 is 17.3 Å². The first-order valence-corrected chi connectivity index (χ1v) is 8.90. The number of hydrogen-bond acceptors (Lipinski definition) is 8. The van der Waals surface area contributed by atoms with Crippen molar-refractivity contribution in [1.29, 1.82) is 0 Å². The Morgan fingerprint density at radius 3 is 2.17 bits per heavy atom. The van der Waals surface area contributed by atoms with Gasteiger partial charge in [0.15, 0.2) is 17.1 Å². The Hall–Kier alpha value is -3.94. The molecule has 3 rings (SSSR count). The molecule has 30 heavy (non-hydrogen) atoms. The van der Waals surface area contributed by atoms with Gasteiger partial charge < -0.3 is 28.7 Å². The second kappa shape index (κ2) is 9.04. The van der Waals surface area contributed by atoms with E-state index >= 15 is 0 Å². The van der Waals surface area contributed by atoms with E-state index in [1.807, 2.05) is 0 Å². The van der Waals surface area contributed by atoms with Gasteiger partial charge in [-0.2, -0.15) is 0 Å². The molecule has 0 aliphatic heterocycles. The zero-order chi connectivity index (χ0) is 21.7. The molecule has 156 valence electrons. The van der Waals surface area contributed by atoms with Gasteiger partial charge in [0.1, 0.15) is 11.5 Å². The van der Waals surface area contributed by atoms with Gasteiger partial charge in [-0.25, -0.2) is 9.59 Å². The summed E-state index contributed by atoms with van der Waals surface area (Å²) in [6, 6.07) is 13.6. The summed E-state index contributed by atoms with van der Waals surface area (Å²) in [6.07, 6.45) is 0. The zero-order valence-electron chi connectivity index (χ0n) is 17.0. The Labute approximate surface area is 173 Å². The van der Waals surface area contributed by atoms with Gasteiger partial charge >= 0.3 is 11.6 Å². The molecule has 0 bridgehead atoms. The molecule has 1 heterocycles. The molecule has 3 aromatic rings. The zero-order valence-corrected chi connectivity index (χ0v) is 17.0. The lowest BCUT2D eigenvalue weighted by atomic mass is 10.1. The Kier molecular flexibility index (Phi) is 6.26. The van der Waals surface area contributed by atoms with Crippen LogP contribution in [0.4, 0.5) is 11.4 Å². The van der Waals surface area contributed by atoms with Crippen molar-refractivity contribution in [1.82, 2.24) is 0 Å². The number of carbonyl (C=O) groups excluding carboxylic acids is 1. The number of methoxy groups -OCH3 is 4. The fraction of sp³-hybridized carbons (Fsp3) is 0.182. The smallest absolute Gasteiger partial charge is 0.353 e. The van der Waals surface area contributed by atoms with Crippen LogP contribution < -0.4 is 25.2 Å². The van der Waals surface area contributed by atoms with Gasteiger partial charge in [-0.1, -0.05) is 0 Å². The quantitative estimate of drug-likeness (QED) is 0.586. The number of ether oxygens (including phenoxy) is 4. The van der Waals surface area contributed by atoms with E-state index in [2.05, 4.69) is 5.32 Å². The minimum atomic E-state index is -0.829. The first kappa shape index (κ1) is 20.8. The van der Waals surface area contributed by atoms with Crippen LogP contribution in [0, 0.1) is 0 Å².